The lowest BCUT2D eigenvalue weighted by Crippen LogP contribution is -2.55. The summed E-state index contributed by atoms with van der Waals surface area (Å²) in [6.07, 6.45) is 11.0. The van der Waals surface area contributed by atoms with Gasteiger partial charge in [0.15, 0.2) is 8.32 Å². The lowest BCUT2D eigenvalue weighted by molar-refractivity contribution is -0.0673. The van der Waals surface area contributed by atoms with E-state index in [1.165, 1.54) is 37.0 Å². The van der Waals surface area contributed by atoms with Crippen LogP contribution in [-0.4, -0.2) is 40.1 Å². The highest BCUT2D eigenvalue weighted by atomic mass is 28.4. The van der Waals surface area contributed by atoms with E-state index < -0.39 is 8.32 Å². The van der Waals surface area contributed by atoms with Gasteiger partial charge >= 0.3 is 0 Å². The second-order valence-corrected chi connectivity index (χ2v) is 16.7. The summed E-state index contributed by atoms with van der Waals surface area (Å²) in [4.78, 5) is 10.3. The normalized spacial score (nSPS) is 43.2. The highest BCUT2D eigenvalue weighted by Crippen LogP contribution is 2.67. The fourth-order valence-electron chi connectivity index (χ4n) is 8.21. The van der Waals surface area contributed by atoms with Crippen molar-refractivity contribution in [2.75, 3.05) is 14.2 Å². The summed E-state index contributed by atoms with van der Waals surface area (Å²) in [5.74, 6) is 2.74. The third kappa shape index (κ3) is 4.00. The molecule has 4 rings (SSSR count). The second-order valence-electron chi connectivity index (χ2n) is 12.2. The minimum atomic E-state index is -1.69. The van der Waals surface area contributed by atoms with E-state index in [9.17, 15) is 0 Å². The maximum atomic E-state index is 6.91. The number of fused-ring (bicyclic) bond motifs is 5. The zero-order valence-electron chi connectivity index (χ0n) is 21.5. The molecule has 6 heteroatoms. The molecule has 3 saturated carbocycles. The lowest BCUT2D eigenvalue weighted by Gasteiger charge is -2.60. The van der Waals surface area contributed by atoms with E-state index >= 15 is 0 Å². The molecule has 0 heterocycles. The molecule has 4 aliphatic rings. The Labute approximate surface area is 196 Å². The summed E-state index contributed by atoms with van der Waals surface area (Å²) in [5.41, 5.74) is 4.29. The molecule has 0 aromatic rings. The van der Waals surface area contributed by atoms with Gasteiger partial charge in [0.05, 0.1) is 17.5 Å². The molecular weight excluding hydrogens is 416 g/mol. The molecule has 3 fully saturated rings. The predicted molar refractivity (Wildman–Crippen MR) is 133 cm³/mol. The van der Waals surface area contributed by atoms with Crippen LogP contribution in [0.15, 0.2) is 22.0 Å². The number of hydrogen-bond acceptors (Lipinski definition) is 5. The SMILES string of the molecule is CON=C1C=C2[C@H](O[Si](C)(C)C)CC3C(CC[C@@]4(C)C3CC[C@@H]4C(C)=NOC)[C@@]2(C)CC1. The smallest absolute Gasteiger partial charge is 0.184 e. The molecular formula is C26H44N2O3Si. The maximum absolute atomic E-state index is 6.91. The van der Waals surface area contributed by atoms with Crippen molar-refractivity contribution in [3.05, 3.63) is 11.6 Å². The fourth-order valence-corrected chi connectivity index (χ4v) is 9.29. The van der Waals surface area contributed by atoms with Gasteiger partial charge < -0.3 is 14.1 Å². The average Bonchev–Trinajstić information content (AvgIpc) is 3.06. The molecule has 7 atom stereocenters. The minimum Gasteiger partial charge on any atom is -0.411 e. The fraction of sp³-hybridized carbons (Fsp3) is 0.846. The first-order chi connectivity index (χ1) is 15.0. The monoisotopic (exact) mass is 460 g/mol. The molecule has 180 valence electrons. The van der Waals surface area contributed by atoms with Gasteiger partial charge in [-0.2, -0.15) is 0 Å². The van der Waals surface area contributed by atoms with Crippen molar-refractivity contribution >= 4 is 19.7 Å². The highest BCUT2D eigenvalue weighted by molar-refractivity contribution is 6.69. The average molecular weight is 461 g/mol. The van der Waals surface area contributed by atoms with Crippen molar-refractivity contribution in [3.8, 4) is 0 Å². The minimum absolute atomic E-state index is 0.203. The maximum Gasteiger partial charge on any atom is 0.184 e. The van der Waals surface area contributed by atoms with Crippen molar-refractivity contribution < 1.29 is 14.1 Å². The lowest BCUT2D eigenvalue weighted by atomic mass is 9.46. The van der Waals surface area contributed by atoms with Crippen LogP contribution in [0.2, 0.25) is 19.6 Å². The van der Waals surface area contributed by atoms with Crippen molar-refractivity contribution in [1.82, 2.24) is 0 Å². The molecule has 0 bridgehead atoms. The quantitative estimate of drug-likeness (QED) is 0.270. The van der Waals surface area contributed by atoms with Gasteiger partial charge in [-0.1, -0.05) is 24.2 Å². The predicted octanol–water partition coefficient (Wildman–Crippen LogP) is 6.42. The molecule has 4 aliphatic carbocycles. The number of allylic oxidation sites excluding steroid dienone is 1. The first-order valence-electron chi connectivity index (χ1n) is 12.6. The summed E-state index contributed by atoms with van der Waals surface area (Å²) in [7, 11) is 1.63. The van der Waals surface area contributed by atoms with Crippen LogP contribution >= 0.6 is 0 Å². The Bertz CT molecular complexity index is 816. The van der Waals surface area contributed by atoms with Crippen molar-refractivity contribution in [2.45, 2.75) is 91.5 Å². The molecule has 0 aromatic carbocycles. The summed E-state index contributed by atoms with van der Waals surface area (Å²) in [5, 5.41) is 8.70. The van der Waals surface area contributed by atoms with Gasteiger partial charge in [-0.05, 0) is 112 Å². The molecule has 3 unspecified atom stereocenters. The van der Waals surface area contributed by atoms with E-state index in [2.05, 4.69) is 56.8 Å². The van der Waals surface area contributed by atoms with Crippen LogP contribution in [0.3, 0.4) is 0 Å². The Balaban J connectivity index is 1.71. The molecule has 0 N–H and O–H groups in total. The molecule has 0 aromatic heterocycles. The Kier molecular flexibility index (Phi) is 6.43. The van der Waals surface area contributed by atoms with Gasteiger partial charge in [0.25, 0.3) is 0 Å². The Morgan fingerprint density at radius 1 is 1.03 bits per heavy atom. The van der Waals surface area contributed by atoms with Crippen LogP contribution in [0.25, 0.3) is 0 Å². The van der Waals surface area contributed by atoms with Gasteiger partial charge in [0, 0.05) is 5.92 Å². The van der Waals surface area contributed by atoms with E-state index in [1.54, 1.807) is 14.2 Å². The van der Waals surface area contributed by atoms with Gasteiger partial charge in [-0.25, -0.2) is 0 Å². The van der Waals surface area contributed by atoms with E-state index in [-0.39, 0.29) is 11.5 Å². The van der Waals surface area contributed by atoms with Crippen LogP contribution in [0.1, 0.15) is 65.7 Å². The number of rotatable bonds is 5. The molecule has 32 heavy (non-hydrogen) atoms. The van der Waals surface area contributed by atoms with Gasteiger partial charge in [0.1, 0.15) is 14.2 Å². The van der Waals surface area contributed by atoms with Crippen LogP contribution < -0.4 is 0 Å². The number of hydrogen-bond donors (Lipinski definition) is 0. The summed E-state index contributed by atoms with van der Waals surface area (Å²) in [6, 6.07) is 0. The summed E-state index contributed by atoms with van der Waals surface area (Å²) in [6.45, 7) is 14.2. The molecule has 0 spiro atoms. The Morgan fingerprint density at radius 2 is 1.78 bits per heavy atom. The molecule has 5 nitrogen and oxygen atoms in total. The van der Waals surface area contributed by atoms with Crippen molar-refractivity contribution in [2.24, 2.45) is 44.8 Å². The van der Waals surface area contributed by atoms with Crippen LogP contribution in [0.4, 0.5) is 0 Å². The van der Waals surface area contributed by atoms with Crippen molar-refractivity contribution in [3.63, 3.8) is 0 Å². The highest BCUT2D eigenvalue weighted by Gasteiger charge is 2.61. The molecule has 0 amide bonds. The van der Waals surface area contributed by atoms with E-state index in [1.807, 2.05) is 0 Å². The van der Waals surface area contributed by atoms with Gasteiger partial charge in [-0.3, -0.25) is 0 Å². The first-order valence-corrected chi connectivity index (χ1v) is 16.0. The number of nitrogens with zero attached hydrogens (tertiary/aromatic N) is 2. The second kappa shape index (κ2) is 8.57. The van der Waals surface area contributed by atoms with Crippen molar-refractivity contribution in [1.29, 1.82) is 0 Å². The molecule has 0 aliphatic heterocycles. The zero-order valence-corrected chi connectivity index (χ0v) is 22.5. The third-order valence-electron chi connectivity index (χ3n) is 9.41. The Morgan fingerprint density at radius 3 is 2.44 bits per heavy atom. The van der Waals surface area contributed by atoms with Crippen LogP contribution in [-0.2, 0) is 14.1 Å². The molecule has 0 saturated heterocycles. The van der Waals surface area contributed by atoms with Gasteiger partial charge in [0.2, 0.25) is 0 Å². The van der Waals surface area contributed by atoms with Crippen LogP contribution in [0.5, 0.6) is 0 Å². The summed E-state index contributed by atoms with van der Waals surface area (Å²) < 4.78 is 6.91. The largest absolute Gasteiger partial charge is 0.411 e. The standard InChI is InChI=1S/C26H44N2O3Si/c1-17(27-29-4)20-9-10-21-19-16-24(31-32(6,7)8)23-15-18(28-30-5)11-13-26(23,3)22(19)12-14-25(20,21)2/h15,19-22,24H,9-14,16H2,1-8H3/t19?,20-,21?,22?,24-,25-,26-/m1/s1. The third-order valence-corrected chi connectivity index (χ3v) is 10.4. The van der Waals surface area contributed by atoms with Gasteiger partial charge in [-0.15, -0.1) is 0 Å². The van der Waals surface area contributed by atoms with Crippen LogP contribution in [0, 0.1) is 34.5 Å². The van der Waals surface area contributed by atoms with E-state index in [0.717, 1.165) is 42.7 Å². The Hall–Kier alpha value is -1.14. The van der Waals surface area contributed by atoms with E-state index in [4.69, 9.17) is 14.1 Å². The topological polar surface area (TPSA) is 52.4 Å². The summed E-state index contributed by atoms with van der Waals surface area (Å²) >= 11 is 0. The first kappa shape index (κ1) is 24.0. The molecule has 0 radical (unpaired) electrons. The number of oxime groups is 2. The van der Waals surface area contributed by atoms with E-state index in [0.29, 0.717) is 11.3 Å². The zero-order chi connectivity index (χ0) is 23.3.